The van der Waals surface area contributed by atoms with E-state index in [1.807, 2.05) is 24.3 Å². The van der Waals surface area contributed by atoms with Gasteiger partial charge in [-0.05, 0) is 35.2 Å². The highest BCUT2D eigenvalue weighted by Gasteiger charge is 2.35. The average Bonchev–Trinajstić information content (AvgIpc) is 2.66. The smallest absolute Gasteiger partial charge is 0.331 e. The van der Waals surface area contributed by atoms with Gasteiger partial charge in [-0.1, -0.05) is 30.3 Å². The summed E-state index contributed by atoms with van der Waals surface area (Å²) in [5.41, 5.74) is 2.47. The average molecular weight is 353 g/mol. The monoisotopic (exact) mass is 353 g/mol. The Hall–Kier alpha value is -3.02. The van der Waals surface area contributed by atoms with Crippen LogP contribution in [0.1, 0.15) is 22.7 Å². The van der Waals surface area contributed by atoms with Crippen molar-refractivity contribution < 1.29 is 24.2 Å². The SMILES string of the molecule is O=C(O)C1c2ccccc2CCN1C(=O)Cc1ccc2c(c1)OCCO2. The van der Waals surface area contributed by atoms with Crippen LogP contribution in [0.4, 0.5) is 0 Å². The molecule has 2 heterocycles. The molecule has 0 saturated heterocycles. The Labute approximate surface area is 151 Å². The first kappa shape index (κ1) is 16.4. The molecule has 0 bridgehead atoms. The van der Waals surface area contributed by atoms with Gasteiger partial charge in [-0.25, -0.2) is 4.79 Å². The van der Waals surface area contributed by atoms with Crippen LogP contribution < -0.4 is 9.47 Å². The van der Waals surface area contributed by atoms with E-state index in [1.54, 1.807) is 18.2 Å². The molecule has 1 N–H and O–H groups in total. The summed E-state index contributed by atoms with van der Waals surface area (Å²) >= 11 is 0. The third-order valence-corrected chi connectivity index (χ3v) is 4.80. The molecule has 2 aliphatic rings. The predicted octanol–water partition coefficient (Wildman–Crippen LogP) is 2.21. The maximum atomic E-state index is 12.9. The van der Waals surface area contributed by atoms with Gasteiger partial charge in [0.15, 0.2) is 17.5 Å². The summed E-state index contributed by atoms with van der Waals surface area (Å²) in [7, 11) is 0. The predicted molar refractivity (Wildman–Crippen MR) is 93.4 cm³/mol. The molecule has 1 unspecified atom stereocenters. The van der Waals surface area contributed by atoms with Crippen LogP contribution in [0.3, 0.4) is 0 Å². The molecular weight excluding hydrogens is 334 g/mol. The van der Waals surface area contributed by atoms with E-state index in [9.17, 15) is 14.7 Å². The van der Waals surface area contributed by atoms with E-state index in [0.717, 1.165) is 11.1 Å². The van der Waals surface area contributed by atoms with Crippen molar-refractivity contribution in [3.63, 3.8) is 0 Å². The number of carboxylic acids is 1. The molecule has 26 heavy (non-hydrogen) atoms. The fraction of sp³-hybridized carbons (Fsp3) is 0.300. The maximum absolute atomic E-state index is 12.9. The van der Waals surface area contributed by atoms with Gasteiger partial charge in [-0.3, -0.25) is 4.79 Å². The van der Waals surface area contributed by atoms with Crippen molar-refractivity contribution in [3.8, 4) is 11.5 Å². The van der Waals surface area contributed by atoms with Gasteiger partial charge in [0.05, 0.1) is 6.42 Å². The number of hydrogen-bond acceptors (Lipinski definition) is 4. The van der Waals surface area contributed by atoms with Gasteiger partial charge in [0, 0.05) is 6.54 Å². The fourth-order valence-corrected chi connectivity index (χ4v) is 3.58. The molecule has 2 aliphatic heterocycles. The molecule has 6 nitrogen and oxygen atoms in total. The summed E-state index contributed by atoms with van der Waals surface area (Å²) in [6.07, 6.45) is 0.787. The van der Waals surface area contributed by atoms with Gasteiger partial charge in [0.2, 0.25) is 5.91 Å². The first-order chi connectivity index (χ1) is 12.6. The molecule has 2 aromatic rings. The Kier molecular flexibility index (Phi) is 4.24. The Balaban J connectivity index is 1.57. The van der Waals surface area contributed by atoms with Gasteiger partial charge in [0.25, 0.3) is 0 Å². The van der Waals surface area contributed by atoms with Crippen LogP contribution in [0.25, 0.3) is 0 Å². The van der Waals surface area contributed by atoms with Crippen molar-refractivity contribution >= 4 is 11.9 Å². The summed E-state index contributed by atoms with van der Waals surface area (Å²) < 4.78 is 11.0. The number of ether oxygens (including phenoxy) is 2. The second kappa shape index (κ2) is 6.71. The van der Waals surface area contributed by atoms with Crippen molar-refractivity contribution in [2.24, 2.45) is 0 Å². The topological polar surface area (TPSA) is 76.1 Å². The first-order valence-electron chi connectivity index (χ1n) is 8.62. The van der Waals surface area contributed by atoms with Crippen molar-refractivity contribution in [1.29, 1.82) is 0 Å². The van der Waals surface area contributed by atoms with E-state index in [2.05, 4.69) is 0 Å². The highest BCUT2D eigenvalue weighted by Crippen LogP contribution is 2.33. The van der Waals surface area contributed by atoms with Crippen LogP contribution in [-0.2, 0) is 22.4 Å². The number of amides is 1. The van der Waals surface area contributed by atoms with E-state index in [1.165, 1.54) is 4.90 Å². The lowest BCUT2D eigenvalue weighted by molar-refractivity contribution is -0.151. The van der Waals surface area contributed by atoms with Gasteiger partial charge >= 0.3 is 5.97 Å². The second-order valence-electron chi connectivity index (χ2n) is 6.43. The number of rotatable bonds is 3. The summed E-state index contributed by atoms with van der Waals surface area (Å²) in [5.74, 6) is 0.0827. The standard InChI is InChI=1S/C20H19NO5/c22-18(12-13-5-6-16-17(11-13)26-10-9-25-16)21-8-7-14-3-1-2-4-15(14)19(21)20(23)24/h1-6,11,19H,7-10,12H2,(H,23,24). The summed E-state index contributed by atoms with van der Waals surface area (Å²) in [4.78, 5) is 26.2. The quantitative estimate of drug-likeness (QED) is 0.916. The number of fused-ring (bicyclic) bond motifs is 2. The third-order valence-electron chi connectivity index (χ3n) is 4.80. The molecule has 1 atom stereocenters. The van der Waals surface area contributed by atoms with Crippen LogP contribution in [0.5, 0.6) is 11.5 Å². The molecule has 0 aliphatic carbocycles. The molecule has 0 spiro atoms. The lowest BCUT2D eigenvalue weighted by atomic mass is 9.92. The molecule has 2 aromatic carbocycles. The van der Waals surface area contributed by atoms with Gasteiger partial charge in [0.1, 0.15) is 13.2 Å². The van der Waals surface area contributed by atoms with Crippen molar-refractivity contribution in [1.82, 2.24) is 4.90 Å². The second-order valence-corrected chi connectivity index (χ2v) is 6.43. The van der Waals surface area contributed by atoms with Gasteiger partial charge in [-0.15, -0.1) is 0 Å². The number of benzene rings is 2. The Morgan fingerprint density at radius 3 is 2.65 bits per heavy atom. The highest BCUT2D eigenvalue weighted by atomic mass is 16.6. The summed E-state index contributed by atoms with van der Waals surface area (Å²) in [6.45, 7) is 1.39. The molecule has 4 rings (SSSR count). The van der Waals surface area contributed by atoms with E-state index < -0.39 is 12.0 Å². The molecule has 1 amide bonds. The van der Waals surface area contributed by atoms with Crippen LogP contribution >= 0.6 is 0 Å². The minimum absolute atomic E-state index is 0.128. The molecule has 0 fully saturated rings. The maximum Gasteiger partial charge on any atom is 0.331 e. The van der Waals surface area contributed by atoms with Crippen molar-refractivity contribution in [3.05, 3.63) is 59.2 Å². The van der Waals surface area contributed by atoms with Crippen molar-refractivity contribution in [2.45, 2.75) is 18.9 Å². The zero-order chi connectivity index (χ0) is 18.1. The Morgan fingerprint density at radius 1 is 1.08 bits per heavy atom. The number of carboxylic acid groups (broad SMARTS) is 1. The molecule has 0 saturated carbocycles. The van der Waals surface area contributed by atoms with Gasteiger partial charge < -0.3 is 19.5 Å². The Morgan fingerprint density at radius 2 is 1.85 bits per heavy atom. The largest absolute Gasteiger partial charge is 0.486 e. The first-order valence-corrected chi connectivity index (χ1v) is 8.62. The molecule has 0 radical (unpaired) electrons. The normalized spacial score (nSPS) is 18.2. The highest BCUT2D eigenvalue weighted by molar-refractivity contribution is 5.86. The van der Waals surface area contributed by atoms with Crippen molar-refractivity contribution in [2.75, 3.05) is 19.8 Å². The zero-order valence-electron chi connectivity index (χ0n) is 14.2. The lowest BCUT2D eigenvalue weighted by Crippen LogP contribution is -2.44. The van der Waals surface area contributed by atoms with Crippen LogP contribution in [0, 0.1) is 0 Å². The number of nitrogens with zero attached hydrogens (tertiary/aromatic N) is 1. The molecule has 6 heteroatoms. The van der Waals surface area contributed by atoms with Gasteiger partial charge in [-0.2, -0.15) is 0 Å². The van der Waals surface area contributed by atoms with E-state index in [4.69, 9.17) is 9.47 Å². The Bertz CT molecular complexity index is 863. The number of carbonyl (C=O) groups excluding carboxylic acids is 1. The number of hydrogen-bond donors (Lipinski definition) is 1. The van der Waals surface area contributed by atoms with E-state index >= 15 is 0 Å². The van der Waals surface area contributed by atoms with Crippen LogP contribution in [-0.4, -0.2) is 41.6 Å². The number of carbonyl (C=O) groups is 2. The van der Waals surface area contributed by atoms with E-state index in [-0.39, 0.29) is 12.3 Å². The lowest BCUT2D eigenvalue weighted by Gasteiger charge is -2.35. The molecule has 0 aromatic heterocycles. The number of aliphatic carboxylic acids is 1. The minimum atomic E-state index is -1.01. The van der Waals surface area contributed by atoms with Crippen LogP contribution in [0.2, 0.25) is 0 Å². The zero-order valence-corrected chi connectivity index (χ0v) is 14.2. The minimum Gasteiger partial charge on any atom is -0.486 e. The van der Waals surface area contributed by atoms with E-state index in [0.29, 0.717) is 43.2 Å². The fourth-order valence-electron chi connectivity index (χ4n) is 3.58. The molecule has 134 valence electrons. The summed E-state index contributed by atoms with van der Waals surface area (Å²) in [5, 5.41) is 9.70. The molecular formula is C20H19NO5. The summed E-state index contributed by atoms with van der Waals surface area (Å²) in [6, 6.07) is 11.9. The third kappa shape index (κ3) is 2.98. The van der Waals surface area contributed by atoms with Crippen LogP contribution in [0.15, 0.2) is 42.5 Å².